The van der Waals surface area contributed by atoms with Crippen molar-refractivity contribution in [1.82, 2.24) is 9.88 Å². The van der Waals surface area contributed by atoms with Gasteiger partial charge in [0, 0.05) is 23.0 Å². The van der Waals surface area contributed by atoms with Crippen LogP contribution in [-0.2, 0) is 22.5 Å². The van der Waals surface area contributed by atoms with Crippen molar-refractivity contribution in [3.05, 3.63) is 35.5 Å². The van der Waals surface area contributed by atoms with Crippen LogP contribution in [0.15, 0.2) is 24.3 Å². The number of nitrogens with one attached hydrogen (secondary N) is 1. The second-order valence-electron chi connectivity index (χ2n) is 5.20. The molecule has 22 heavy (non-hydrogen) atoms. The van der Waals surface area contributed by atoms with Crippen molar-refractivity contribution in [3.63, 3.8) is 0 Å². The predicted octanol–water partition coefficient (Wildman–Crippen LogP) is 3.11. The number of hydrogen-bond donors (Lipinski definition) is 1. The van der Waals surface area contributed by atoms with Gasteiger partial charge in [-0.15, -0.1) is 11.8 Å². The fourth-order valence-electron chi connectivity index (χ4n) is 2.97. The summed E-state index contributed by atoms with van der Waals surface area (Å²) in [5, 5.41) is 1.18. The first kappa shape index (κ1) is 15.4. The summed E-state index contributed by atoms with van der Waals surface area (Å²) >= 11 is 6.92. The number of benzene rings is 1. The van der Waals surface area contributed by atoms with E-state index in [9.17, 15) is 4.79 Å². The first-order valence-corrected chi connectivity index (χ1v) is 8.88. The number of carbonyl (C=O) groups is 1. The molecule has 3 rings (SSSR count). The van der Waals surface area contributed by atoms with Gasteiger partial charge in [0.1, 0.15) is 10.4 Å². The first-order valence-electron chi connectivity index (χ1n) is 7.25. The summed E-state index contributed by atoms with van der Waals surface area (Å²) in [6.45, 7) is 2.83. The van der Waals surface area contributed by atoms with Gasteiger partial charge in [0.2, 0.25) is 0 Å². The number of thioether (sulfide) groups is 1. The molecule has 0 amide bonds. The largest absolute Gasteiger partial charge is 0.464 e. The van der Waals surface area contributed by atoms with E-state index in [-0.39, 0.29) is 12.0 Å². The van der Waals surface area contributed by atoms with E-state index in [4.69, 9.17) is 17.0 Å². The third-order valence-electron chi connectivity index (χ3n) is 3.97. The van der Waals surface area contributed by atoms with E-state index < -0.39 is 0 Å². The summed E-state index contributed by atoms with van der Waals surface area (Å²) < 4.78 is 5.97. The summed E-state index contributed by atoms with van der Waals surface area (Å²) in [4.78, 5) is 17.8. The van der Waals surface area contributed by atoms with Crippen molar-refractivity contribution >= 4 is 45.2 Å². The monoisotopic (exact) mass is 334 g/mol. The van der Waals surface area contributed by atoms with Gasteiger partial charge in [0.15, 0.2) is 0 Å². The van der Waals surface area contributed by atoms with E-state index >= 15 is 0 Å². The van der Waals surface area contributed by atoms with Crippen molar-refractivity contribution < 1.29 is 9.53 Å². The minimum absolute atomic E-state index is 0.199. The minimum atomic E-state index is -0.341. The standard InChI is InChI=1S/C16H18N2O2S2/c1-3-20-15(19)14-8-11-10-6-4-5-7-12(10)17-13(11)9-18(14)16(21)22-2/h4-7,14,17H,3,8-9H2,1-2H3/t14-/m0/s1. The van der Waals surface area contributed by atoms with E-state index in [0.717, 1.165) is 15.5 Å². The number of carbonyl (C=O) groups excluding carboxylic acids is 1. The van der Waals surface area contributed by atoms with Gasteiger partial charge >= 0.3 is 5.97 Å². The molecule has 0 bridgehead atoms. The number of fused-ring (bicyclic) bond motifs is 3. The number of aromatic nitrogens is 1. The summed E-state index contributed by atoms with van der Waals surface area (Å²) in [6, 6.07) is 7.85. The van der Waals surface area contributed by atoms with Gasteiger partial charge in [-0.1, -0.05) is 30.4 Å². The molecule has 0 aliphatic carbocycles. The lowest BCUT2D eigenvalue weighted by Crippen LogP contribution is -2.47. The zero-order chi connectivity index (χ0) is 15.7. The number of aromatic amines is 1. The quantitative estimate of drug-likeness (QED) is 0.675. The molecular weight excluding hydrogens is 316 g/mol. The number of thiocarbonyl (C=S) groups is 1. The second-order valence-corrected chi connectivity index (χ2v) is 6.64. The van der Waals surface area contributed by atoms with E-state index in [2.05, 4.69) is 17.1 Å². The highest BCUT2D eigenvalue weighted by Gasteiger charge is 2.35. The molecule has 0 unspecified atom stereocenters. The molecule has 4 nitrogen and oxygen atoms in total. The van der Waals surface area contributed by atoms with E-state index in [0.29, 0.717) is 19.6 Å². The van der Waals surface area contributed by atoms with Crippen molar-refractivity contribution in [2.45, 2.75) is 25.9 Å². The first-order chi connectivity index (χ1) is 10.7. The number of ether oxygens (including phenoxy) is 1. The maximum atomic E-state index is 12.4. The summed E-state index contributed by atoms with van der Waals surface area (Å²) in [5.41, 5.74) is 3.44. The van der Waals surface area contributed by atoms with Gasteiger partial charge in [0.05, 0.1) is 13.2 Å². The summed E-state index contributed by atoms with van der Waals surface area (Å²) in [7, 11) is 0. The van der Waals surface area contributed by atoms with Gasteiger partial charge < -0.3 is 14.6 Å². The average molecular weight is 334 g/mol. The van der Waals surface area contributed by atoms with Crippen molar-refractivity contribution in [3.8, 4) is 0 Å². The van der Waals surface area contributed by atoms with Crippen LogP contribution in [0.5, 0.6) is 0 Å². The van der Waals surface area contributed by atoms with Crippen LogP contribution in [-0.4, -0.2) is 39.1 Å². The number of nitrogens with zero attached hydrogens (tertiary/aromatic N) is 1. The Labute approximate surface area is 139 Å². The second kappa shape index (κ2) is 6.30. The zero-order valence-electron chi connectivity index (χ0n) is 12.6. The molecule has 0 saturated carbocycles. The van der Waals surface area contributed by atoms with E-state index in [1.165, 1.54) is 22.7 Å². The molecule has 0 radical (unpaired) electrons. The van der Waals surface area contributed by atoms with Crippen LogP contribution in [0, 0.1) is 0 Å². The van der Waals surface area contributed by atoms with Crippen LogP contribution >= 0.6 is 24.0 Å². The van der Waals surface area contributed by atoms with Crippen molar-refractivity contribution in [2.75, 3.05) is 12.9 Å². The fraction of sp³-hybridized carbons (Fsp3) is 0.375. The molecule has 0 fully saturated rings. The normalized spacial score (nSPS) is 17.4. The van der Waals surface area contributed by atoms with Crippen LogP contribution in [0.1, 0.15) is 18.2 Å². The maximum absolute atomic E-state index is 12.4. The van der Waals surface area contributed by atoms with Gasteiger partial charge in [-0.25, -0.2) is 4.79 Å². The lowest BCUT2D eigenvalue weighted by molar-refractivity contribution is -0.148. The molecule has 116 valence electrons. The van der Waals surface area contributed by atoms with E-state index in [1.807, 2.05) is 30.2 Å². The number of rotatable bonds is 2. The molecule has 1 aliphatic rings. The third kappa shape index (κ3) is 2.61. The number of H-pyrrole nitrogens is 1. The number of esters is 1. The minimum Gasteiger partial charge on any atom is -0.464 e. The Hall–Kier alpha value is -1.53. The van der Waals surface area contributed by atoms with Gasteiger partial charge in [0.25, 0.3) is 0 Å². The third-order valence-corrected chi connectivity index (χ3v) is 5.29. The Morgan fingerprint density at radius 1 is 1.50 bits per heavy atom. The van der Waals surface area contributed by atoms with Crippen LogP contribution in [0.4, 0.5) is 0 Å². The van der Waals surface area contributed by atoms with Crippen molar-refractivity contribution in [1.29, 1.82) is 0 Å². The number of para-hydroxylation sites is 1. The highest BCUT2D eigenvalue weighted by molar-refractivity contribution is 8.22. The Kier molecular flexibility index (Phi) is 4.40. The Bertz CT molecular complexity index is 726. The molecule has 0 spiro atoms. The Morgan fingerprint density at radius 3 is 3.00 bits per heavy atom. The fourth-order valence-corrected chi connectivity index (χ4v) is 3.58. The molecular formula is C16H18N2O2S2. The molecule has 1 N–H and O–H groups in total. The van der Waals surface area contributed by atoms with Crippen molar-refractivity contribution in [2.24, 2.45) is 0 Å². The molecule has 1 atom stereocenters. The highest BCUT2D eigenvalue weighted by atomic mass is 32.2. The molecule has 1 aromatic carbocycles. The smallest absolute Gasteiger partial charge is 0.329 e. The van der Waals surface area contributed by atoms with Gasteiger partial charge in [-0.3, -0.25) is 0 Å². The Balaban J connectivity index is 2.02. The topological polar surface area (TPSA) is 45.3 Å². The van der Waals surface area contributed by atoms with Gasteiger partial charge in [-0.2, -0.15) is 0 Å². The SMILES string of the molecule is CCOC(=O)[C@@H]1Cc2c([nH]c3ccccc23)CN1C(=S)SC. The molecule has 2 heterocycles. The highest BCUT2D eigenvalue weighted by Crippen LogP contribution is 2.32. The number of hydrogen-bond acceptors (Lipinski definition) is 4. The molecule has 1 aliphatic heterocycles. The molecule has 2 aromatic rings. The zero-order valence-corrected chi connectivity index (χ0v) is 14.2. The van der Waals surface area contributed by atoms with Crippen LogP contribution in [0.3, 0.4) is 0 Å². The maximum Gasteiger partial charge on any atom is 0.329 e. The van der Waals surface area contributed by atoms with Crippen LogP contribution in [0.25, 0.3) is 10.9 Å². The Morgan fingerprint density at radius 2 is 2.27 bits per heavy atom. The predicted molar refractivity (Wildman–Crippen MR) is 94.1 cm³/mol. The summed E-state index contributed by atoms with van der Waals surface area (Å²) in [5.74, 6) is -0.199. The lowest BCUT2D eigenvalue weighted by atomic mass is 9.97. The lowest BCUT2D eigenvalue weighted by Gasteiger charge is -2.35. The van der Waals surface area contributed by atoms with Gasteiger partial charge in [-0.05, 0) is 24.8 Å². The van der Waals surface area contributed by atoms with Crippen LogP contribution < -0.4 is 0 Å². The molecule has 0 saturated heterocycles. The molecule has 6 heteroatoms. The average Bonchev–Trinajstić information content (AvgIpc) is 2.90. The van der Waals surface area contributed by atoms with E-state index in [1.54, 1.807) is 0 Å². The summed E-state index contributed by atoms with van der Waals surface area (Å²) in [6.07, 6.45) is 2.56. The van der Waals surface area contributed by atoms with Crippen LogP contribution in [0.2, 0.25) is 0 Å². The molecule has 1 aromatic heterocycles.